The van der Waals surface area contributed by atoms with Crippen molar-refractivity contribution >= 4 is 11.3 Å². The van der Waals surface area contributed by atoms with E-state index in [1.54, 1.807) is 12.1 Å². The van der Waals surface area contributed by atoms with Crippen LogP contribution >= 0.6 is 0 Å². The minimum Gasteiger partial charge on any atom is -1.00 e. The molecule has 1 aromatic carbocycles. The highest BCUT2D eigenvalue weighted by Gasteiger charge is 2.17. The number of aryl methyl sites for hydroxylation is 1. The third kappa shape index (κ3) is 2.38. The Morgan fingerprint density at radius 2 is 2.00 bits per heavy atom. The molecule has 2 aromatic heterocycles. The number of halogens is 1. The van der Waals surface area contributed by atoms with E-state index < -0.39 is 0 Å². The van der Waals surface area contributed by atoms with Crippen LogP contribution in [0, 0.1) is 10.1 Å². The molecule has 0 radical (unpaired) electrons. The van der Waals surface area contributed by atoms with Gasteiger partial charge < -0.3 is 24.0 Å². The first-order valence-electron chi connectivity index (χ1n) is 5.87. The number of non-ortho nitro benzene ring substituents is 1. The molecule has 20 heavy (non-hydrogen) atoms. The van der Waals surface area contributed by atoms with Gasteiger partial charge in [0.1, 0.15) is 6.20 Å². The number of benzene rings is 1. The van der Waals surface area contributed by atoms with E-state index in [1.165, 1.54) is 6.07 Å². The Kier molecular flexibility index (Phi) is 4.03. The normalized spacial score (nSPS) is 10.2. The van der Waals surface area contributed by atoms with E-state index in [1.807, 2.05) is 52.7 Å². The van der Waals surface area contributed by atoms with E-state index in [-0.39, 0.29) is 34.6 Å². The van der Waals surface area contributed by atoms with Crippen molar-refractivity contribution in [2.24, 2.45) is 7.05 Å². The second kappa shape index (κ2) is 5.58. The first-order chi connectivity index (χ1) is 9.16. The summed E-state index contributed by atoms with van der Waals surface area (Å²) in [5, 5.41) is 10.8. The van der Waals surface area contributed by atoms with Gasteiger partial charge in [0.2, 0.25) is 0 Å². The largest absolute Gasteiger partial charge is 1.00 e. The fourth-order valence-electron chi connectivity index (χ4n) is 2.23. The standard InChI is InChI=1S/C14H12N3O2.HI/c1-15-13(10-16-8-3-2-7-14(15)16)11-5-4-6-12(9-11)17(18)19;/h2-10H,1H3;1H/q+1;/p-1. The van der Waals surface area contributed by atoms with Crippen LogP contribution < -0.4 is 28.4 Å². The second-order valence-corrected chi connectivity index (χ2v) is 4.35. The third-order valence-electron chi connectivity index (χ3n) is 3.19. The lowest BCUT2D eigenvalue weighted by Crippen LogP contribution is -3.00. The van der Waals surface area contributed by atoms with Crippen molar-refractivity contribution in [3.63, 3.8) is 0 Å². The average Bonchev–Trinajstić information content (AvgIpc) is 2.77. The summed E-state index contributed by atoms with van der Waals surface area (Å²) in [5.41, 5.74) is 2.91. The number of hydrogen-bond donors (Lipinski definition) is 0. The van der Waals surface area contributed by atoms with E-state index >= 15 is 0 Å². The molecule has 0 aliphatic rings. The maximum absolute atomic E-state index is 10.8. The van der Waals surface area contributed by atoms with Crippen LogP contribution in [0.15, 0.2) is 54.9 Å². The molecule has 0 saturated carbocycles. The molecule has 5 nitrogen and oxygen atoms in total. The molecule has 0 unspecified atom stereocenters. The van der Waals surface area contributed by atoms with E-state index in [9.17, 15) is 10.1 Å². The highest BCUT2D eigenvalue weighted by Crippen LogP contribution is 2.23. The van der Waals surface area contributed by atoms with Gasteiger partial charge in [-0.25, -0.2) is 8.97 Å². The van der Waals surface area contributed by atoms with Gasteiger partial charge in [-0.15, -0.1) is 0 Å². The minimum absolute atomic E-state index is 0. The van der Waals surface area contributed by atoms with Gasteiger partial charge in [-0.2, -0.15) is 0 Å². The van der Waals surface area contributed by atoms with Crippen molar-refractivity contribution in [3.05, 3.63) is 65.0 Å². The molecule has 0 spiro atoms. The van der Waals surface area contributed by atoms with Crippen LogP contribution in [-0.2, 0) is 7.05 Å². The van der Waals surface area contributed by atoms with Gasteiger partial charge in [0, 0.05) is 23.8 Å². The highest BCUT2D eigenvalue weighted by molar-refractivity contribution is 5.64. The van der Waals surface area contributed by atoms with Crippen molar-refractivity contribution in [2.75, 3.05) is 0 Å². The molecule has 0 aliphatic heterocycles. The number of fused-ring (bicyclic) bond motifs is 1. The average molecular weight is 381 g/mol. The van der Waals surface area contributed by atoms with Crippen LogP contribution in [0.25, 0.3) is 16.9 Å². The molecule has 0 bridgehead atoms. The van der Waals surface area contributed by atoms with Crippen molar-refractivity contribution in [2.45, 2.75) is 0 Å². The van der Waals surface area contributed by atoms with Gasteiger partial charge in [0.05, 0.1) is 18.2 Å². The zero-order valence-electron chi connectivity index (χ0n) is 10.7. The van der Waals surface area contributed by atoms with E-state index in [0.29, 0.717) is 0 Å². The first-order valence-corrected chi connectivity index (χ1v) is 5.87. The van der Waals surface area contributed by atoms with Gasteiger partial charge in [0.15, 0.2) is 5.69 Å². The van der Waals surface area contributed by atoms with Gasteiger partial charge in [-0.05, 0) is 6.07 Å². The van der Waals surface area contributed by atoms with Gasteiger partial charge in [-0.1, -0.05) is 18.2 Å². The summed E-state index contributed by atoms with van der Waals surface area (Å²) in [6.45, 7) is 0. The quantitative estimate of drug-likeness (QED) is 0.256. The summed E-state index contributed by atoms with van der Waals surface area (Å²) in [6, 6.07) is 12.6. The van der Waals surface area contributed by atoms with Crippen LogP contribution in [-0.4, -0.2) is 9.49 Å². The molecule has 0 saturated heterocycles. The number of aromatic nitrogens is 2. The molecular weight excluding hydrogens is 369 g/mol. The van der Waals surface area contributed by atoms with Gasteiger partial charge in [-0.3, -0.25) is 10.1 Å². The van der Waals surface area contributed by atoms with Crippen LogP contribution in [0.4, 0.5) is 5.69 Å². The molecule has 2 heterocycles. The van der Waals surface area contributed by atoms with Crippen molar-refractivity contribution in [1.82, 2.24) is 4.57 Å². The first kappa shape index (κ1) is 14.4. The Morgan fingerprint density at radius 3 is 2.70 bits per heavy atom. The monoisotopic (exact) mass is 381 g/mol. The number of imidazole rings is 1. The van der Waals surface area contributed by atoms with Crippen LogP contribution in [0.2, 0.25) is 0 Å². The zero-order valence-corrected chi connectivity index (χ0v) is 12.9. The highest BCUT2D eigenvalue weighted by atomic mass is 127. The molecule has 0 N–H and O–H groups in total. The zero-order chi connectivity index (χ0) is 13.4. The van der Waals surface area contributed by atoms with Crippen LogP contribution in [0.3, 0.4) is 0 Å². The van der Waals surface area contributed by atoms with E-state index in [0.717, 1.165) is 16.9 Å². The number of pyridine rings is 1. The predicted octanol–water partition coefficient (Wildman–Crippen LogP) is -0.657. The lowest BCUT2D eigenvalue weighted by atomic mass is 10.1. The summed E-state index contributed by atoms with van der Waals surface area (Å²) in [5.74, 6) is 0. The predicted molar refractivity (Wildman–Crippen MR) is 70.7 cm³/mol. The molecule has 3 aromatic rings. The molecule has 0 amide bonds. The molecule has 6 heteroatoms. The number of hydrogen-bond acceptors (Lipinski definition) is 2. The summed E-state index contributed by atoms with van der Waals surface area (Å²) in [6.07, 6.45) is 3.92. The topological polar surface area (TPSA) is 52.2 Å². The molecule has 0 aliphatic carbocycles. The molecule has 102 valence electrons. The number of rotatable bonds is 2. The van der Waals surface area contributed by atoms with Crippen molar-refractivity contribution in [1.29, 1.82) is 0 Å². The van der Waals surface area contributed by atoms with Crippen molar-refractivity contribution in [3.8, 4) is 11.3 Å². The lowest BCUT2D eigenvalue weighted by molar-refractivity contribution is -0.510. The van der Waals surface area contributed by atoms with Crippen LogP contribution in [0.1, 0.15) is 0 Å². The SMILES string of the molecule is Cn1c(-c2cccc([N+](=O)[O-])c2)c[n+]2ccccc12.[I-]. The smallest absolute Gasteiger partial charge is 0.286 e. The summed E-state index contributed by atoms with van der Waals surface area (Å²) in [4.78, 5) is 10.5. The second-order valence-electron chi connectivity index (χ2n) is 4.35. The maximum Gasteiger partial charge on any atom is 0.286 e. The van der Waals surface area contributed by atoms with Crippen molar-refractivity contribution < 1.29 is 33.3 Å². The Hall–Kier alpha value is -1.96. The third-order valence-corrected chi connectivity index (χ3v) is 3.19. The number of nitro benzene ring substituents is 1. The van der Waals surface area contributed by atoms with E-state index in [2.05, 4.69) is 0 Å². The molecule has 3 rings (SSSR count). The van der Waals surface area contributed by atoms with E-state index in [4.69, 9.17) is 0 Å². The molecule has 0 fully saturated rings. The van der Waals surface area contributed by atoms with Gasteiger partial charge >= 0.3 is 0 Å². The molecule has 0 atom stereocenters. The Labute approximate surface area is 132 Å². The minimum atomic E-state index is -0.376. The Balaban J connectivity index is 0.00000147. The maximum atomic E-state index is 10.8. The fourth-order valence-corrected chi connectivity index (χ4v) is 2.23. The summed E-state index contributed by atoms with van der Waals surface area (Å²) in [7, 11) is 1.95. The fraction of sp³-hybridized carbons (Fsp3) is 0.0714. The Bertz CT molecular complexity index is 783. The molecular formula is C14H12IN3O2. The Morgan fingerprint density at radius 1 is 1.20 bits per heavy atom. The van der Waals surface area contributed by atoms with Gasteiger partial charge in [0.25, 0.3) is 11.3 Å². The number of nitrogens with zero attached hydrogens (tertiary/aromatic N) is 3. The lowest BCUT2D eigenvalue weighted by Gasteiger charge is -1.97. The van der Waals surface area contributed by atoms with Crippen LogP contribution in [0.5, 0.6) is 0 Å². The number of nitro groups is 1. The summed E-state index contributed by atoms with van der Waals surface area (Å²) < 4.78 is 4.01. The summed E-state index contributed by atoms with van der Waals surface area (Å²) >= 11 is 0.